The minimum absolute atomic E-state index is 0.0591. The van der Waals surface area contributed by atoms with Crippen LogP contribution in [0.5, 0.6) is 0 Å². The number of para-hydroxylation sites is 1. The number of hydrogen-bond donors (Lipinski definition) is 1. The van der Waals surface area contributed by atoms with Crippen LogP contribution in [-0.2, 0) is 16.6 Å². The molecule has 1 N–H and O–H groups in total. The summed E-state index contributed by atoms with van der Waals surface area (Å²) >= 11 is 0. The maximum atomic E-state index is 12.9. The van der Waals surface area contributed by atoms with Crippen molar-refractivity contribution in [2.45, 2.75) is 20.0 Å². The van der Waals surface area contributed by atoms with Crippen molar-refractivity contribution in [2.24, 2.45) is 7.05 Å². The van der Waals surface area contributed by atoms with Crippen molar-refractivity contribution in [3.8, 4) is 5.69 Å². The summed E-state index contributed by atoms with van der Waals surface area (Å²) in [6.07, 6.45) is -1.24. The lowest BCUT2D eigenvalue weighted by Crippen LogP contribution is -2.32. The van der Waals surface area contributed by atoms with Crippen LogP contribution in [-0.4, -0.2) is 32.3 Å². The number of amides is 1. The fraction of sp³-hybridized carbons (Fsp3) is 0.190. The molecule has 0 unspecified atom stereocenters. The molecular weight excluding hydrogens is 404 g/mol. The van der Waals surface area contributed by atoms with Gasteiger partial charge in [0.2, 0.25) is 0 Å². The van der Waals surface area contributed by atoms with Gasteiger partial charge < -0.3 is 10.1 Å². The van der Waals surface area contributed by atoms with Crippen LogP contribution < -0.4 is 10.9 Å². The van der Waals surface area contributed by atoms with Crippen molar-refractivity contribution < 1.29 is 19.2 Å². The summed E-state index contributed by atoms with van der Waals surface area (Å²) in [5.74, 6) is -1.59. The maximum Gasteiger partial charge on any atom is 0.339 e. The van der Waals surface area contributed by atoms with Crippen LogP contribution >= 0.6 is 0 Å². The maximum absolute atomic E-state index is 12.9. The monoisotopic (exact) mass is 424 g/mol. The molecule has 3 rings (SSSR count). The van der Waals surface area contributed by atoms with E-state index in [4.69, 9.17) is 4.74 Å². The zero-order chi connectivity index (χ0) is 22.7. The van der Waals surface area contributed by atoms with Gasteiger partial charge in [-0.15, -0.1) is 0 Å². The fourth-order valence-electron chi connectivity index (χ4n) is 2.97. The van der Waals surface area contributed by atoms with Gasteiger partial charge in [-0.3, -0.25) is 24.4 Å². The summed E-state index contributed by atoms with van der Waals surface area (Å²) in [5, 5.41) is 13.4. The number of nitrogens with one attached hydrogen (secondary N) is 1. The van der Waals surface area contributed by atoms with Crippen LogP contribution in [0.15, 0.2) is 59.4 Å². The number of benzene rings is 2. The first-order chi connectivity index (χ1) is 14.7. The number of non-ortho nitro benzene ring substituents is 1. The normalized spacial score (nSPS) is 11.6. The summed E-state index contributed by atoms with van der Waals surface area (Å²) in [6, 6.07) is 13.9. The van der Waals surface area contributed by atoms with E-state index in [9.17, 15) is 24.5 Å². The van der Waals surface area contributed by atoms with Gasteiger partial charge >= 0.3 is 5.97 Å². The number of nitro groups is 1. The number of nitro benzene ring substituents is 1. The smallest absolute Gasteiger partial charge is 0.339 e. The Morgan fingerprint density at radius 3 is 2.45 bits per heavy atom. The quantitative estimate of drug-likeness (QED) is 0.368. The highest BCUT2D eigenvalue weighted by atomic mass is 16.6. The molecule has 2 aromatic carbocycles. The number of anilines is 1. The topological polar surface area (TPSA) is 125 Å². The Labute approximate surface area is 176 Å². The SMILES string of the molecule is Cc1c(NC(=O)[C@H](C)OC(=O)c2cccc([N+](=O)[O-])c2)c(=O)n(-c2ccccc2)n1C. The molecule has 0 aliphatic carbocycles. The lowest BCUT2D eigenvalue weighted by atomic mass is 10.2. The third kappa shape index (κ3) is 4.37. The van der Waals surface area contributed by atoms with Gasteiger partial charge in [0, 0.05) is 19.2 Å². The Morgan fingerprint density at radius 2 is 1.81 bits per heavy atom. The van der Waals surface area contributed by atoms with E-state index in [0.29, 0.717) is 11.4 Å². The number of esters is 1. The molecule has 31 heavy (non-hydrogen) atoms. The van der Waals surface area contributed by atoms with Crippen LogP contribution in [0.1, 0.15) is 23.0 Å². The summed E-state index contributed by atoms with van der Waals surface area (Å²) in [4.78, 5) is 47.9. The molecule has 1 atom stereocenters. The van der Waals surface area contributed by atoms with Crippen molar-refractivity contribution in [1.82, 2.24) is 9.36 Å². The molecule has 0 saturated carbocycles. The fourth-order valence-corrected chi connectivity index (χ4v) is 2.97. The Kier molecular flexibility index (Phi) is 6.00. The number of rotatable bonds is 6. The van der Waals surface area contributed by atoms with Crippen molar-refractivity contribution in [2.75, 3.05) is 5.32 Å². The Morgan fingerprint density at radius 1 is 1.13 bits per heavy atom. The summed E-state index contributed by atoms with van der Waals surface area (Å²) in [7, 11) is 1.69. The van der Waals surface area contributed by atoms with Crippen LogP contribution in [0, 0.1) is 17.0 Å². The summed E-state index contributed by atoms with van der Waals surface area (Å²) < 4.78 is 8.13. The molecule has 10 heteroatoms. The standard InChI is InChI=1S/C21H20N4O6/c1-13-18(20(27)24(23(13)3)16-9-5-4-6-10-16)22-19(26)14(2)31-21(28)15-8-7-11-17(12-15)25(29)30/h4-12,14H,1-3H3,(H,22,26)/t14-/m0/s1. The highest BCUT2D eigenvalue weighted by molar-refractivity contribution is 5.97. The van der Waals surface area contributed by atoms with Gasteiger partial charge in [0.25, 0.3) is 17.2 Å². The van der Waals surface area contributed by atoms with Gasteiger partial charge in [-0.25, -0.2) is 9.48 Å². The average molecular weight is 424 g/mol. The zero-order valence-electron chi connectivity index (χ0n) is 17.1. The first kappa shape index (κ1) is 21.5. The Bertz CT molecular complexity index is 1210. The van der Waals surface area contributed by atoms with E-state index in [1.54, 1.807) is 42.9 Å². The molecule has 1 aromatic heterocycles. The van der Waals surface area contributed by atoms with Crippen LogP contribution in [0.4, 0.5) is 11.4 Å². The largest absolute Gasteiger partial charge is 0.449 e. The zero-order valence-corrected chi connectivity index (χ0v) is 17.1. The van der Waals surface area contributed by atoms with Crippen LogP contribution in [0.25, 0.3) is 5.69 Å². The van der Waals surface area contributed by atoms with Crippen molar-refractivity contribution in [3.05, 3.63) is 86.3 Å². The molecule has 0 spiro atoms. The van der Waals surface area contributed by atoms with Crippen LogP contribution in [0.3, 0.4) is 0 Å². The van der Waals surface area contributed by atoms with Gasteiger partial charge in [-0.05, 0) is 32.0 Å². The molecule has 0 bridgehead atoms. The highest BCUT2D eigenvalue weighted by Gasteiger charge is 2.24. The van der Waals surface area contributed by atoms with Crippen molar-refractivity contribution in [1.29, 1.82) is 0 Å². The number of ether oxygens (including phenoxy) is 1. The van der Waals surface area contributed by atoms with Gasteiger partial charge in [0.05, 0.1) is 21.9 Å². The number of carbonyl (C=O) groups excluding carboxylic acids is 2. The molecular formula is C21H20N4O6. The van der Waals surface area contributed by atoms with E-state index in [1.807, 2.05) is 6.07 Å². The first-order valence-corrected chi connectivity index (χ1v) is 9.31. The number of aromatic nitrogens is 2. The molecule has 0 aliphatic heterocycles. The minimum atomic E-state index is -1.24. The van der Waals surface area contributed by atoms with E-state index < -0.39 is 28.5 Å². The predicted octanol–water partition coefficient (Wildman–Crippen LogP) is 2.58. The van der Waals surface area contributed by atoms with E-state index in [-0.39, 0.29) is 16.9 Å². The van der Waals surface area contributed by atoms with E-state index in [2.05, 4.69) is 5.32 Å². The van der Waals surface area contributed by atoms with Crippen LogP contribution in [0.2, 0.25) is 0 Å². The molecule has 0 aliphatic rings. The minimum Gasteiger partial charge on any atom is -0.449 e. The molecule has 1 amide bonds. The number of nitrogens with zero attached hydrogens (tertiary/aromatic N) is 3. The Hall–Kier alpha value is -4.21. The predicted molar refractivity (Wildman–Crippen MR) is 112 cm³/mol. The average Bonchev–Trinajstić information content (AvgIpc) is 2.97. The molecule has 0 fully saturated rings. The second-order valence-electron chi connectivity index (χ2n) is 6.78. The van der Waals surface area contributed by atoms with E-state index >= 15 is 0 Å². The molecule has 1 heterocycles. The third-order valence-corrected chi connectivity index (χ3v) is 4.75. The molecule has 160 valence electrons. The summed E-state index contributed by atoms with van der Waals surface area (Å²) in [6.45, 7) is 3.02. The lowest BCUT2D eigenvalue weighted by molar-refractivity contribution is -0.384. The lowest BCUT2D eigenvalue weighted by Gasteiger charge is -2.13. The molecule has 0 radical (unpaired) electrons. The van der Waals surface area contributed by atoms with Gasteiger partial charge in [0.15, 0.2) is 6.10 Å². The van der Waals surface area contributed by atoms with E-state index in [1.165, 1.54) is 29.8 Å². The number of carbonyl (C=O) groups is 2. The van der Waals surface area contributed by atoms with Crippen molar-refractivity contribution in [3.63, 3.8) is 0 Å². The van der Waals surface area contributed by atoms with Gasteiger partial charge in [0.1, 0.15) is 5.69 Å². The second kappa shape index (κ2) is 8.66. The highest BCUT2D eigenvalue weighted by Crippen LogP contribution is 2.16. The molecule has 3 aromatic rings. The first-order valence-electron chi connectivity index (χ1n) is 9.31. The second-order valence-corrected chi connectivity index (χ2v) is 6.78. The van der Waals surface area contributed by atoms with Crippen molar-refractivity contribution >= 4 is 23.3 Å². The summed E-state index contributed by atoms with van der Waals surface area (Å²) in [5.41, 5.74) is 0.443. The molecule has 0 saturated heterocycles. The number of hydrogen-bond acceptors (Lipinski definition) is 6. The molecule has 10 nitrogen and oxygen atoms in total. The third-order valence-electron chi connectivity index (χ3n) is 4.75. The van der Waals surface area contributed by atoms with E-state index in [0.717, 1.165) is 6.07 Å². The Balaban J connectivity index is 1.77. The van der Waals surface area contributed by atoms with Gasteiger partial charge in [-0.2, -0.15) is 0 Å². The van der Waals surface area contributed by atoms with Gasteiger partial charge in [-0.1, -0.05) is 24.3 Å².